The van der Waals surface area contributed by atoms with E-state index in [1.165, 1.54) is 19.2 Å². The molecule has 0 radical (unpaired) electrons. The van der Waals surface area contributed by atoms with Crippen LogP contribution in [0.4, 0.5) is 0 Å². The first-order valence-electron chi connectivity index (χ1n) is 3.71. The van der Waals surface area contributed by atoms with E-state index in [0.29, 0.717) is 5.75 Å². The summed E-state index contributed by atoms with van der Waals surface area (Å²) in [6.45, 7) is 0. The Kier molecular flexibility index (Phi) is 3.03. The zero-order valence-electron chi connectivity index (χ0n) is 7.19. The Bertz CT molecular complexity index is 332. The first-order valence-corrected chi connectivity index (χ1v) is 3.71. The van der Waals surface area contributed by atoms with Crippen molar-refractivity contribution < 1.29 is 14.9 Å². The van der Waals surface area contributed by atoms with Crippen molar-refractivity contribution in [3.8, 4) is 17.5 Å². The fourth-order valence-corrected chi connectivity index (χ4v) is 0.801. The van der Waals surface area contributed by atoms with Crippen LogP contribution >= 0.6 is 0 Å². The van der Waals surface area contributed by atoms with Gasteiger partial charge in [0.25, 0.3) is 0 Å². The van der Waals surface area contributed by atoms with Gasteiger partial charge in [-0.1, -0.05) is 6.07 Å². The van der Waals surface area contributed by atoms with Gasteiger partial charge < -0.3 is 14.9 Å². The van der Waals surface area contributed by atoms with Crippen LogP contribution in [0.25, 0.3) is 0 Å². The van der Waals surface area contributed by atoms with E-state index in [0.717, 1.165) is 0 Å². The van der Waals surface area contributed by atoms with Gasteiger partial charge >= 0.3 is 0 Å². The van der Waals surface area contributed by atoms with Crippen LogP contribution in [0.5, 0.6) is 17.5 Å². The normalized spacial score (nSPS) is 9.00. The first-order chi connectivity index (χ1) is 6.22. The van der Waals surface area contributed by atoms with Gasteiger partial charge in [-0.15, -0.1) is 0 Å². The van der Waals surface area contributed by atoms with E-state index in [2.05, 4.69) is 4.98 Å². The molecule has 0 unspecified atom stereocenters. The maximum Gasteiger partial charge on any atom is 0.191 e. The molecule has 0 saturated carbocycles. The molecule has 0 spiro atoms. The summed E-state index contributed by atoms with van der Waals surface area (Å²) in [5.74, 6) is 0.307. The summed E-state index contributed by atoms with van der Waals surface area (Å²) >= 11 is 0. The molecular formula is C9H11NO3. The minimum absolute atomic E-state index is 0.129. The molecule has 0 fully saturated rings. The predicted octanol–water partition coefficient (Wildman–Crippen LogP) is 1.56. The van der Waals surface area contributed by atoms with Crippen molar-refractivity contribution in [2.24, 2.45) is 0 Å². The second-order valence-corrected chi connectivity index (χ2v) is 2.36. The Labute approximate surface area is 75.7 Å². The summed E-state index contributed by atoms with van der Waals surface area (Å²) in [7, 11) is 1.52. The van der Waals surface area contributed by atoms with Gasteiger partial charge in [-0.25, -0.2) is 0 Å². The first kappa shape index (κ1) is 9.25. The van der Waals surface area contributed by atoms with E-state index < -0.39 is 0 Å². The molecule has 0 atom stereocenters. The summed E-state index contributed by atoms with van der Waals surface area (Å²) in [6, 6.07) is 7.63. The molecule has 4 heteroatoms. The van der Waals surface area contributed by atoms with Gasteiger partial charge in [0.1, 0.15) is 5.75 Å². The summed E-state index contributed by atoms with van der Waals surface area (Å²) < 4.78 is 4.95. The largest absolute Gasteiger partial charge is 0.497 e. The lowest BCUT2D eigenvalue weighted by molar-refractivity contribution is 0.411. The third kappa shape index (κ3) is 2.94. The number of rotatable bonds is 1. The molecule has 0 saturated heterocycles. The van der Waals surface area contributed by atoms with Gasteiger partial charge in [0, 0.05) is 6.07 Å². The number of aromatic nitrogens is 1. The molecule has 1 heterocycles. The number of aromatic hydroxyl groups is 2. The SMILES string of the molecule is COc1cccc(O)[nH]c(O)cc1. The van der Waals surface area contributed by atoms with Gasteiger partial charge in [0.15, 0.2) is 11.8 Å². The topological polar surface area (TPSA) is 65.5 Å². The molecule has 1 aromatic rings. The molecule has 0 amide bonds. The van der Waals surface area contributed by atoms with Crippen molar-refractivity contribution in [1.29, 1.82) is 0 Å². The van der Waals surface area contributed by atoms with Crippen LogP contribution < -0.4 is 4.74 Å². The molecule has 4 nitrogen and oxygen atoms in total. The van der Waals surface area contributed by atoms with Gasteiger partial charge in [-0.2, -0.15) is 0 Å². The standard InChI is InChI=1S/C9H11NO3/c1-13-7-3-2-4-8(11)10-9(12)6-5-7/h2-6,10-12H,1H3. The third-order valence-corrected chi connectivity index (χ3v) is 1.41. The summed E-state index contributed by atoms with van der Waals surface area (Å²) in [5.41, 5.74) is 0. The molecule has 1 rings (SSSR count). The van der Waals surface area contributed by atoms with E-state index >= 15 is 0 Å². The molecule has 1 aromatic heterocycles. The fraction of sp³-hybridized carbons (Fsp3) is 0.111. The van der Waals surface area contributed by atoms with E-state index in [9.17, 15) is 0 Å². The van der Waals surface area contributed by atoms with E-state index in [1.807, 2.05) is 0 Å². The molecule has 0 aliphatic carbocycles. The smallest absolute Gasteiger partial charge is 0.191 e. The van der Waals surface area contributed by atoms with Crippen LogP contribution in [-0.4, -0.2) is 22.3 Å². The lowest BCUT2D eigenvalue weighted by Gasteiger charge is -1.92. The third-order valence-electron chi connectivity index (χ3n) is 1.41. The van der Waals surface area contributed by atoms with Crippen LogP contribution in [0.15, 0.2) is 30.3 Å². The van der Waals surface area contributed by atoms with Crippen molar-refractivity contribution in [1.82, 2.24) is 4.98 Å². The Balaban J connectivity index is 3.27. The quantitative estimate of drug-likeness (QED) is 0.616. The molecule has 70 valence electrons. The second-order valence-electron chi connectivity index (χ2n) is 2.36. The van der Waals surface area contributed by atoms with Gasteiger partial charge in [0.2, 0.25) is 0 Å². The van der Waals surface area contributed by atoms with Gasteiger partial charge in [-0.3, -0.25) is 4.98 Å². The number of hydrogen-bond donors (Lipinski definition) is 3. The Hall–Kier alpha value is -1.84. The zero-order valence-corrected chi connectivity index (χ0v) is 7.19. The van der Waals surface area contributed by atoms with Crippen LogP contribution in [0.2, 0.25) is 0 Å². The van der Waals surface area contributed by atoms with Crippen molar-refractivity contribution >= 4 is 0 Å². The lowest BCUT2D eigenvalue weighted by atomic mass is 10.4. The molecule has 0 aliphatic rings. The minimum Gasteiger partial charge on any atom is -0.497 e. The average Bonchev–Trinajstić information content (AvgIpc) is 2.16. The highest BCUT2D eigenvalue weighted by Crippen LogP contribution is 2.11. The average molecular weight is 181 g/mol. The Morgan fingerprint density at radius 1 is 1.08 bits per heavy atom. The summed E-state index contributed by atoms with van der Waals surface area (Å²) in [6.07, 6.45) is 0. The summed E-state index contributed by atoms with van der Waals surface area (Å²) in [5, 5.41) is 18.2. The van der Waals surface area contributed by atoms with E-state index in [-0.39, 0.29) is 11.8 Å². The molecule has 0 aromatic carbocycles. The monoisotopic (exact) mass is 181 g/mol. The highest BCUT2D eigenvalue weighted by molar-refractivity contribution is 5.23. The van der Waals surface area contributed by atoms with Crippen molar-refractivity contribution in [2.75, 3.05) is 7.11 Å². The van der Waals surface area contributed by atoms with Crippen LogP contribution in [0, 0.1) is 0 Å². The highest BCUT2D eigenvalue weighted by atomic mass is 16.5. The lowest BCUT2D eigenvalue weighted by Crippen LogP contribution is -1.77. The molecule has 0 aliphatic heterocycles. The Morgan fingerprint density at radius 3 is 2.46 bits per heavy atom. The van der Waals surface area contributed by atoms with Gasteiger partial charge in [0.05, 0.1) is 7.11 Å². The highest BCUT2D eigenvalue weighted by Gasteiger charge is 1.86. The maximum atomic E-state index is 9.14. The molecule has 13 heavy (non-hydrogen) atoms. The van der Waals surface area contributed by atoms with E-state index in [4.69, 9.17) is 14.9 Å². The molecule has 0 bridgehead atoms. The number of nitrogens with one attached hydrogen (secondary N) is 1. The summed E-state index contributed by atoms with van der Waals surface area (Å²) in [4.78, 5) is 2.35. The van der Waals surface area contributed by atoms with Crippen LogP contribution in [-0.2, 0) is 0 Å². The van der Waals surface area contributed by atoms with Crippen LogP contribution in [0.1, 0.15) is 0 Å². The maximum absolute atomic E-state index is 9.14. The predicted molar refractivity (Wildman–Crippen MR) is 48.3 cm³/mol. The molecule has 3 N–H and O–H groups in total. The van der Waals surface area contributed by atoms with Crippen molar-refractivity contribution in [2.45, 2.75) is 0 Å². The van der Waals surface area contributed by atoms with Crippen molar-refractivity contribution in [3.63, 3.8) is 0 Å². The number of ether oxygens (including phenoxy) is 1. The number of hydrogen-bond acceptors (Lipinski definition) is 3. The number of aromatic amines is 1. The number of methoxy groups -OCH3 is 1. The second kappa shape index (κ2) is 4.25. The van der Waals surface area contributed by atoms with E-state index in [1.54, 1.807) is 18.2 Å². The Morgan fingerprint density at radius 2 is 1.77 bits per heavy atom. The number of H-pyrrole nitrogens is 1. The van der Waals surface area contributed by atoms with Crippen LogP contribution in [0.3, 0.4) is 0 Å². The fourth-order valence-electron chi connectivity index (χ4n) is 0.801. The molecular weight excluding hydrogens is 170 g/mol. The zero-order chi connectivity index (χ0) is 9.68. The van der Waals surface area contributed by atoms with Crippen molar-refractivity contribution in [3.05, 3.63) is 30.3 Å². The van der Waals surface area contributed by atoms with Gasteiger partial charge in [-0.05, 0) is 18.2 Å². The minimum atomic E-state index is -0.146.